The molecule has 0 amide bonds. The van der Waals surface area contributed by atoms with Crippen molar-refractivity contribution in [2.45, 2.75) is 51.0 Å². The largest absolute Gasteiger partial charge is 0.508 e. The second-order valence-corrected chi connectivity index (χ2v) is 6.37. The highest BCUT2D eigenvalue weighted by Crippen LogP contribution is 2.52. The van der Waals surface area contributed by atoms with E-state index in [9.17, 15) is 5.11 Å². The van der Waals surface area contributed by atoms with Crippen molar-refractivity contribution >= 4 is 0 Å². The fourth-order valence-electron chi connectivity index (χ4n) is 4.76. The molecule has 1 heterocycles. The Hall–Kier alpha value is -1.02. The van der Waals surface area contributed by atoms with Gasteiger partial charge in [-0.3, -0.25) is 0 Å². The van der Waals surface area contributed by atoms with Gasteiger partial charge in [-0.2, -0.15) is 0 Å². The number of phenols is 1. The molecule has 1 unspecified atom stereocenters. The van der Waals surface area contributed by atoms with Gasteiger partial charge in [0.05, 0.1) is 0 Å². The Morgan fingerprint density at radius 1 is 1.37 bits per heavy atom. The normalized spacial score (nSPS) is 34.1. The highest BCUT2D eigenvalue weighted by Gasteiger charge is 2.50. The first-order chi connectivity index (χ1) is 9.12. The summed E-state index contributed by atoms with van der Waals surface area (Å²) in [6.07, 6.45) is 4.79. The van der Waals surface area contributed by atoms with E-state index in [1.807, 2.05) is 12.1 Å². The highest BCUT2D eigenvalue weighted by molar-refractivity contribution is 5.44. The lowest BCUT2D eigenvalue weighted by molar-refractivity contribution is 0.0257. The molecule has 0 spiro atoms. The van der Waals surface area contributed by atoms with Gasteiger partial charge in [0.25, 0.3) is 0 Å². The summed E-state index contributed by atoms with van der Waals surface area (Å²) < 4.78 is 0. The van der Waals surface area contributed by atoms with Crippen LogP contribution in [0.1, 0.15) is 44.2 Å². The molecule has 0 aromatic heterocycles. The summed E-state index contributed by atoms with van der Waals surface area (Å²) in [6.45, 7) is 5.84. The molecular formula is C17H25NO. The molecule has 1 aromatic rings. The summed E-state index contributed by atoms with van der Waals surface area (Å²) in [6, 6.07) is 6.72. The number of aromatic hydroxyl groups is 1. The molecule has 2 bridgehead atoms. The Kier molecular flexibility index (Phi) is 3.09. The van der Waals surface area contributed by atoms with E-state index in [-0.39, 0.29) is 5.41 Å². The first-order valence-corrected chi connectivity index (χ1v) is 7.65. The van der Waals surface area contributed by atoms with Crippen molar-refractivity contribution in [1.29, 1.82) is 0 Å². The zero-order chi connectivity index (χ0) is 13.6. The van der Waals surface area contributed by atoms with E-state index in [0.717, 1.165) is 12.3 Å². The molecule has 3 atom stereocenters. The van der Waals surface area contributed by atoms with Crippen LogP contribution in [0.5, 0.6) is 5.75 Å². The first kappa shape index (κ1) is 13.0. The Balaban J connectivity index is 2.18. The molecule has 1 N–H and O–H groups in total. The van der Waals surface area contributed by atoms with Crippen LogP contribution in [0.15, 0.2) is 18.2 Å². The Morgan fingerprint density at radius 3 is 2.84 bits per heavy atom. The lowest BCUT2D eigenvalue weighted by Crippen LogP contribution is -2.58. The number of piperidine rings is 1. The minimum absolute atomic E-state index is 0.290. The molecule has 0 saturated carbocycles. The topological polar surface area (TPSA) is 23.5 Å². The van der Waals surface area contributed by atoms with Crippen LogP contribution in [0.25, 0.3) is 0 Å². The van der Waals surface area contributed by atoms with Crippen LogP contribution in [0.4, 0.5) is 0 Å². The minimum atomic E-state index is 0.290. The molecule has 1 aliphatic heterocycles. The molecular weight excluding hydrogens is 234 g/mol. The number of hydrogen-bond acceptors (Lipinski definition) is 2. The minimum Gasteiger partial charge on any atom is -0.508 e. The number of likely N-dealkylation sites (N-methyl/N-ethyl adjacent to an activating group) is 1. The molecule has 1 aromatic carbocycles. The molecule has 2 aliphatic rings. The van der Waals surface area contributed by atoms with E-state index < -0.39 is 0 Å². The van der Waals surface area contributed by atoms with Gasteiger partial charge in [0, 0.05) is 11.5 Å². The number of hydrogen-bond donors (Lipinski definition) is 1. The lowest BCUT2D eigenvalue weighted by atomic mass is 9.55. The molecule has 0 radical (unpaired) electrons. The fourth-order valence-corrected chi connectivity index (χ4v) is 4.76. The summed E-state index contributed by atoms with van der Waals surface area (Å²) in [7, 11) is 2.28. The van der Waals surface area contributed by atoms with Gasteiger partial charge in [-0.15, -0.1) is 0 Å². The maximum Gasteiger partial charge on any atom is 0.115 e. The molecule has 1 fully saturated rings. The van der Waals surface area contributed by atoms with Crippen LogP contribution in [0.3, 0.4) is 0 Å². The van der Waals surface area contributed by atoms with E-state index in [1.165, 1.54) is 36.9 Å². The van der Waals surface area contributed by atoms with E-state index in [4.69, 9.17) is 0 Å². The van der Waals surface area contributed by atoms with Gasteiger partial charge in [-0.25, -0.2) is 0 Å². The lowest BCUT2D eigenvalue weighted by Gasteiger charge is -2.56. The van der Waals surface area contributed by atoms with Crippen molar-refractivity contribution in [3.63, 3.8) is 0 Å². The van der Waals surface area contributed by atoms with Crippen LogP contribution in [0.2, 0.25) is 0 Å². The van der Waals surface area contributed by atoms with Crippen molar-refractivity contribution in [2.24, 2.45) is 5.92 Å². The maximum absolute atomic E-state index is 9.90. The van der Waals surface area contributed by atoms with Crippen molar-refractivity contribution in [1.82, 2.24) is 4.90 Å². The first-order valence-electron chi connectivity index (χ1n) is 7.65. The summed E-state index contributed by atoms with van der Waals surface area (Å²) >= 11 is 0. The van der Waals surface area contributed by atoms with Crippen molar-refractivity contribution in [2.75, 3.05) is 13.6 Å². The average Bonchev–Trinajstić information content (AvgIpc) is 2.42. The van der Waals surface area contributed by atoms with Crippen LogP contribution in [0, 0.1) is 5.92 Å². The van der Waals surface area contributed by atoms with Crippen LogP contribution < -0.4 is 0 Å². The van der Waals surface area contributed by atoms with Crippen LogP contribution in [-0.4, -0.2) is 29.6 Å². The number of fused-ring (bicyclic) bond motifs is 4. The van der Waals surface area contributed by atoms with Crippen LogP contribution >= 0.6 is 0 Å². The molecule has 2 heteroatoms. The van der Waals surface area contributed by atoms with Gasteiger partial charge in [0.1, 0.15) is 5.75 Å². The highest BCUT2D eigenvalue weighted by atomic mass is 16.3. The van der Waals surface area contributed by atoms with Gasteiger partial charge in [0.2, 0.25) is 0 Å². The zero-order valence-electron chi connectivity index (χ0n) is 12.3. The van der Waals surface area contributed by atoms with Crippen LogP contribution in [-0.2, 0) is 11.8 Å². The standard InChI is InChI=1S/C17H25NO/c1-4-14-16-10-12-6-7-13(19)11-15(12)17(14,5-2)8-9-18(16)3/h6-7,11,14,16,19H,4-5,8-10H2,1-3H3/t14-,16?,17-/m0/s1. The van der Waals surface area contributed by atoms with Crippen molar-refractivity contribution in [3.8, 4) is 5.75 Å². The molecule has 3 rings (SSSR count). The predicted molar refractivity (Wildman–Crippen MR) is 78.6 cm³/mol. The Bertz CT molecular complexity index is 484. The Morgan fingerprint density at radius 2 is 2.16 bits per heavy atom. The van der Waals surface area contributed by atoms with E-state index in [0.29, 0.717) is 11.8 Å². The number of phenolic OH excluding ortho intramolecular Hbond substituents is 1. The van der Waals surface area contributed by atoms with Gasteiger partial charge < -0.3 is 10.0 Å². The van der Waals surface area contributed by atoms with Gasteiger partial charge in [-0.05, 0) is 62.0 Å². The third kappa shape index (κ3) is 1.73. The van der Waals surface area contributed by atoms with E-state index in [1.54, 1.807) is 0 Å². The second kappa shape index (κ2) is 4.52. The third-order valence-corrected chi connectivity index (χ3v) is 5.78. The molecule has 1 aliphatic carbocycles. The third-order valence-electron chi connectivity index (χ3n) is 5.78. The van der Waals surface area contributed by atoms with Crippen molar-refractivity contribution in [3.05, 3.63) is 29.3 Å². The van der Waals surface area contributed by atoms with Gasteiger partial charge in [0.15, 0.2) is 0 Å². The zero-order valence-corrected chi connectivity index (χ0v) is 12.3. The summed E-state index contributed by atoms with van der Waals surface area (Å²) in [5, 5.41) is 9.90. The second-order valence-electron chi connectivity index (χ2n) is 6.37. The molecule has 104 valence electrons. The van der Waals surface area contributed by atoms with Gasteiger partial charge >= 0.3 is 0 Å². The number of rotatable bonds is 2. The molecule has 1 saturated heterocycles. The predicted octanol–water partition coefficient (Wildman–Crippen LogP) is 3.33. The maximum atomic E-state index is 9.90. The quantitative estimate of drug-likeness (QED) is 0.880. The SMILES string of the molecule is CC[C@H]1C2Cc3ccc(O)cc3[C@@]1(CC)CCN2C. The smallest absolute Gasteiger partial charge is 0.115 e. The fraction of sp³-hybridized carbons (Fsp3) is 0.647. The summed E-state index contributed by atoms with van der Waals surface area (Å²) in [4.78, 5) is 2.55. The number of benzene rings is 1. The average molecular weight is 259 g/mol. The monoisotopic (exact) mass is 259 g/mol. The van der Waals surface area contributed by atoms with E-state index in [2.05, 4.69) is 31.9 Å². The number of nitrogens with zero attached hydrogens (tertiary/aromatic N) is 1. The van der Waals surface area contributed by atoms with Crippen molar-refractivity contribution < 1.29 is 5.11 Å². The van der Waals surface area contributed by atoms with E-state index >= 15 is 0 Å². The summed E-state index contributed by atoms with van der Waals surface area (Å²) in [5.74, 6) is 1.16. The molecule has 2 nitrogen and oxygen atoms in total. The number of likely N-dealkylation sites (tertiary alicyclic amines) is 1. The molecule has 19 heavy (non-hydrogen) atoms. The summed E-state index contributed by atoms with van der Waals surface area (Å²) in [5.41, 5.74) is 3.19. The Labute approximate surface area is 116 Å². The van der Waals surface area contributed by atoms with Gasteiger partial charge in [-0.1, -0.05) is 26.3 Å².